The average molecular weight is 380 g/mol. The number of carbonyl (C=O) groups excluding carboxylic acids is 1. The number of nitrogens with zero attached hydrogens (tertiary/aromatic N) is 2. The molecule has 0 spiro atoms. The lowest BCUT2D eigenvalue weighted by Crippen LogP contribution is -2.34. The van der Waals surface area contributed by atoms with E-state index in [9.17, 15) is 9.90 Å². The van der Waals surface area contributed by atoms with Crippen molar-refractivity contribution in [2.24, 2.45) is 0 Å². The number of fused-ring (bicyclic) bond motifs is 1. The number of hydrogen-bond acceptors (Lipinski definition) is 3. The Balaban J connectivity index is 2.04. The first-order valence-electron chi connectivity index (χ1n) is 9.80. The molecule has 2 aromatic carbocycles. The highest BCUT2D eigenvalue weighted by Gasteiger charge is 2.24. The van der Waals surface area contributed by atoms with Gasteiger partial charge in [-0.15, -0.1) is 0 Å². The third kappa shape index (κ3) is 3.90. The summed E-state index contributed by atoms with van der Waals surface area (Å²) in [6.45, 7) is 7.97. The van der Waals surface area contributed by atoms with Crippen LogP contribution in [0, 0.1) is 6.92 Å². The third-order valence-electron chi connectivity index (χ3n) is 4.99. The first kappa shape index (κ1) is 20.0. The standard InChI is InChI=1S/C23H28N2O3/c1-4-25-21-12-11-19(28-5-2)15-20(21)17(3)22(25)23(27)24(13-14-26)16-18-9-7-6-8-10-18/h6-12,15,26H,4-5,13-14,16H2,1-3H3. The van der Waals surface area contributed by atoms with Gasteiger partial charge in [-0.05, 0) is 50.1 Å². The fourth-order valence-electron chi connectivity index (χ4n) is 3.69. The predicted molar refractivity (Wildman–Crippen MR) is 112 cm³/mol. The quantitative estimate of drug-likeness (QED) is 0.643. The Hall–Kier alpha value is -2.79. The zero-order chi connectivity index (χ0) is 20.1. The van der Waals surface area contributed by atoms with Gasteiger partial charge in [0, 0.05) is 30.5 Å². The minimum Gasteiger partial charge on any atom is -0.494 e. The lowest BCUT2D eigenvalue weighted by atomic mass is 10.1. The van der Waals surface area contributed by atoms with E-state index in [4.69, 9.17) is 4.74 Å². The van der Waals surface area contributed by atoms with Crippen molar-refractivity contribution in [2.45, 2.75) is 33.9 Å². The maximum Gasteiger partial charge on any atom is 0.271 e. The van der Waals surface area contributed by atoms with Gasteiger partial charge in [0.2, 0.25) is 0 Å². The van der Waals surface area contributed by atoms with E-state index < -0.39 is 0 Å². The van der Waals surface area contributed by atoms with Crippen LogP contribution >= 0.6 is 0 Å². The van der Waals surface area contributed by atoms with Crippen LogP contribution in [0.2, 0.25) is 0 Å². The largest absolute Gasteiger partial charge is 0.494 e. The molecule has 148 valence electrons. The topological polar surface area (TPSA) is 54.7 Å². The van der Waals surface area contributed by atoms with Crippen LogP contribution in [0.3, 0.4) is 0 Å². The SMILES string of the molecule is CCOc1ccc2c(c1)c(C)c(C(=O)N(CCO)Cc1ccccc1)n2CC. The summed E-state index contributed by atoms with van der Waals surface area (Å²) in [6.07, 6.45) is 0. The molecule has 3 aromatic rings. The predicted octanol–water partition coefficient (Wildman–Crippen LogP) is 4.00. The molecular formula is C23H28N2O3. The number of ether oxygens (including phenoxy) is 1. The fourth-order valence-corrected chi connectivity index (χ4v) is 3.69. The molecule has 0 aliphatic rings. The van der Waals surface area contributed by atoms with Crippen molar-refractivity contribution in [1.29, 1.82) is 0 Å². The van der Waals surface area contributed by atoms with Gasteiger partial charge in [-0.3, -0.25) is 4.79 Å². The number of carbonyl (C=O) groups is 1. The van der Waals surface area contributed by atoms with E-state index in [1.165, 1.54) is 0 Å². The van der Waals surface area contributed by atoms with Gasteiger partial charge < -0.3 is 19.3 Å². The molecule has 1 amide bonds. The normalized spacial score (nSPS) is 11.0. The van der Waals surface area contributed by atoms with Crippen LogP contribution in [0.15, 0.2) is 48.5 Å². The minimum atomic E-state index is -0.0710. The molecule has 0 aliphatic carbocycles. The number of aliphatic hydroxyl groups excluding tert-OH is 1. The summed E-state index contributed by atoms with van der Waals surface area (Å²) >= 11 is 0. The number of aromatic nitrogens is 1. The van der Waals surface area contributed by atoms with Crippen molar-refractivity contribution in [3.8, 4) is 5.75 Å². The number of amides is 1. The van der Waals surface area contributed by atoms with Crippen LogP contribution in [0.5, 0.6) is 5.75 Å². The van der Waals surface area contributed by atoms with Gasteiger partial charge in [0.25, 0.3) is 5.91 Å². The van der Waals surface area contributed by atoms with Gasteiger partial charge in [0.05, 0.1) is 13.2 Å². The molecular weight excluding hydrogens is 352 g/mol. The third-order valence-corrected chi connectivity index (χ3v) is 4.99. The second-order valence-corrected chi connectivity index (χ2v) is 6.77. The van der Waals surface area contributed by atoms with Gasteiger partial charge >= 0.3 is 0 Å². The van der Waals surface area contributed by atoms with Crippen molar-refractivity contribution in [2.75, 3.05) is 19.8 Å². The second kappa shape index (κ2) is 8.93. The Labute approximate surface area is 166 Å². The number of rotatable bonds is 8. The summed E-state index contributed by atoms with van der Waals surface area (Å²) in [4.78, 5) is 15.2. The van der Waals surface area contributed by atoms with E-state index in [2.05, 4.69) is 4.57 Å². The molecule has 0 aliphatic heterocycles. The van der Waals surface area contributed by atoms with Crippen LogP contribution in [-0.4, -0.2) is 40.2 Å². The maximum atomic E-state index is 13.5. The van der Waals surface area contributed by atoms with E-state index in [0.717, 1.165) is 27.8 Å². The Morgan fingerprint density at radius 2 is 1.89 bits per heavy atom. The van der Waals surface area contributed by atoms with Crippen molar-refractivity contribution < 1.29 is 14.6 Å². The number of aryl methyl sites for hydroxylation is 2. The summed E-state index contributed by atoms with van der Waals surface area (Å²) in [7, 11) is 0. The molecule has 0 unspecified atom stereocenters. The number of aliphatic hydroxyl groups is 1. The van der Waals surface area contributed by atoms with E-state index in [0.29, 0.717) is 31.9 Å². The van der Waals surface area contributed by atoms with E-state index in [1.54, 1.807) is 4.90 Å². The molecule has 1 aromatic heterocycles. The lowest BCUT2D eigenvalue weighted by molar-refractivity contribution is 0.0697. The Morgan fingerprint density at radius 1 is 1.14 bits per heavy atom. The highest BCUT2D eigenvalue weighted by atomic mass is 16.5. The Morgan fingerprint density at radius 3 is 2.54 bits per heavy atom. The highest BCUT2D eigenvalue weighted by Crippen LogP contribution is 2.30. The molecule has 0 radical (unpaired) electrons. The minimum absolute atomic E-state index is 0.0635. The smallest absolute Gasteiger partial charge is 0.271 e. The summed E-state index contributed by atoms with van der Waals surface area (Å²) < 4.78 is 7.69. The zero-order valence-corrected chi connectivity index (χ0v) is 16.8. The van der Waals surface area contributed by atoms with E-state index in [1.807, 2.05) is 69.3 Å². The van der Waals surface area contributed by atoms with Gasteiger partial charge in [0.15, 0.2) is 0 Å². The summed E-state index contributed by atoms with van der Waals surface area (Å²) in [5.41, 5.74) is 3.69. The summed E-state index contributed by atoms with van der Waals surface area (Å²) in [5.74, 6) is 0.744. The molecule has 5 nitrogen and oxygen atoms in total. The van der Waals surface area contributed by atoms with Crippen LogP contribution in [0.4, 0.5) is 0 Å². The molecule has 3 rings (SSSR count). The number of hydrogen-bond donors (Lipinski definition) is 1. The highest BCUT2D eigenvalue weighted by molar-refractivity contribution is 6.02. The first-order chi connectivity index (χ1) is 13.6. The van der Waals surface area contributed by atoms with Crippen molar-refractivity contribution in [1.82, 2.24) is 9.47 Å². The summed E-state index contributed by atoms with van der Waals surface area (Å²) in [6, 6.07) is 15.8. The van der Waals surface area contributed by atoms with Crippen molar-refractivity contribution in [3.63, 3.8) is 0 Å². The van der Waals surface area contributed by atoms with Gasteiger partial charge in [-0.2, -0.15) is 0 Å². The van der Waals surface area contributed by atoms with Crippen LogP contribution < -0.4 is 4.74 Å². The molecule has 0 atom stereocenters. The monoisotopic (exact) mass is 380 g/mol. The average Bonchev–Trinajstić information content (AvgIpc) is 2.99. The van der Waals surface area contributed by atoms with Crippen LogP contribution in [0.1, 0.15) is 35.5 Å². The number of benzene rings is 2. The van der Waals surface area contributed by atoms with E-state index in [-0.39, 0.29) is 12.5 Å². The molecule has 1 heterocycles. The first-order valence-corrected chi connectivity index (χ1v) is 9.80. The molecule has 0 fully saturated rings. The van der Waals surface area contributed by atoms with Crippen molar-refractivity contribution >= 4 is 16.8 Å². The van der Waals surface area contributed by atoms with Crippen LogP contribution in [0.25, 0.3) is 10.9 Å². The molecule has 0 saturated carbocycles. The van der Waals surface area contributed by atoms with Crippen molar-refractivity contribution in [3.05, 3.63) is 65.4 Å². The van der Waals surface area contributed by atoms with Crippen LogP contribution in [-0.2, 0) is 13.1 Å². The van der Waals surface area contributed by atoms with Gasteiger partial charge in [0.1, 0.15) is 11.4 Å². The van der Waals surface area contributed by atoms with Gasteiger partial charge in [-0.1, -0.05) is 30.3 Å². The fraction of sp³-hybridized carbons (Fsp3) is 0.348. The summed E-state index contributed by atoms with van der Waals surface area (Å²) in [5, 5.41) is 10.6. The zero-order valence-electron chi connectivity index (χ0n) is 16.8. The second-order valence-electron chi connectivity index (χ2n) is 6.77. The van der Waals surface area contributed by atoms with Gasteiger partial charge in [-0.25, -0.2) is 0 Å². The Bertz CT molecular complexity index is 947. The molecule has 28 heavy (non-hydrogen) atoms. The molecule has 5 heteroatoms. The maximum absolute atomic E-state index is 13.5. The Kier molecular flexibility index (Phi) is 6.37. The van der Waals surface area contributed by atoms with E-state index >= 15 is 0 Å². The lowest BCUT2D eigenvalue weighted by Gasteiger charge is -2.23. The molecule has 0 saturated heterocycles. The molecule has 1 N–H and O–H groups in total. The molecule has 0 bridgehead atoms.